The number of rotatable bonds is 9. The van der Waals surface area contributed by atoms with E-state index < -0.39 is 30.4 Å². The van der Waals surface area contributed by atoms with Crippen molar-refractivity contribution in [1.29, 1.82) is 0 Å². The Balaban J connectivity index is 2.46. The number of esters is 1. The fourth-order valence-electron chi connectivity index (χ4n) is 2.52. The Morgan fingerprint density at radius 2 is 2.10 bits per heavy atom. The van der Waals surface area contributed by atoms with Crippen molar-refractivity contribution >= 4 is 35.5 Å². The van der Waals surface area contributed by atoms with Crippen molar-refractivity contribution in [3.8, 4) is 0 Å². The van der Waals surface area contributed by atoms with E-state index in [4.69, 9.17) is 4.74 Å². The molecule has 7 nitrogen and oxygen atoms in total. The number of alkyl halides is 2. The Bertz CT molecular complexity index is 996. The van der Waals surface area contributed by atoms with Gasteiger partial charge in [0, 0.05) is 30.6 Å². The number of hydrogen-bond acceptors (Lipinski definition) is 7. The molecule has 0 spiro atoms. The number of hydrogen-bond donors (Lipinski definition) is 1. The van der Waals surface area contributed by atoms with Gasteiger partial charge in [-0.25, -0.2) is 18.0 Å². The van der Waals surface area contributed by atoms with Crippen molar-refractivity contribution in [2.75, 3.05) is 25.3 Å². The molecular formula is C19H20F3N3O4S. The standard InChI is InChI=1S/C19H20F3N3O4S/c1-25-16(26)8-11(6-7-23-29-10-15(21)22)17(19(27)28-2)18(25)24-14-5-4-12(30-3)9-13(14)20/h4-5,7-9,15,24H,6,10H2,1-3H3/b23-7+. The minimum Gasteiger partial charge on any atom is -0.465 e. The first-order valence-corrected chi connectivity index (χ1v) is 9.84. The van der Waals surface area contributed by atoms with Crippen molar-refractivity contribution in [3.05, 3.63) is 51.6 Å². The number of anilines is 2. The lowest BCUT2D eigenvalue weighted by molar-refractivity contribution is 0.0207. The molecule has 162 valence electrons. The molecule has 0 aliphatic carbocycles. The maximum atomic E-state index is 14.4. The second kappa shape index (κ2) is 10.7. The summed E-state index contributed by atoms with van der Waals surface area (Å²) in [5.41, 5.74) is -0.242. The van der Waals surface area contributed by atoms with E-state index in [-0.39, 0.29) is 29.1 Å². The molecule has 11 heteroatoms. The number of halogens is 3. The summed E-state index contributed by atoms with van der Waals surface area (Å²) in [6, 6.07) is 5.67. The summed E-state index contributed by atoms with van der Waals surface area (Å²) in [6.07, 6.45) is 0.185. The third kappa shape index (κ3) is 5.78. The first-order valence-electron chi connectivity index (χ1n) is 8.62. The Morgan fingerprint density at radius 3 is 2.70 bits per heavy atom. The third-order valence-corrected chi connectivity index (χ3v) is 4.73. The number of ether oxygens (including phenoxy) is 1. The summed E-state index contributed by atoms with van der Waals surface area (Å²) >= 11 is 1.36. The van der Waals surface area contributed by atoms with Crippen LogP contribution in [0.15, 0.2) is 39.1 Å². The van der Waals surface area contributed by atoms with Crippen LogP contribution in [0.3, 0.4) is 0 Å². The van der Waals surface area contributed by atoms with Gasteiger partial charge in [0.2, 0.25) is 0 Å². The van der Waals surface area contributed by atoms with E-state index in [1.807, 2.05) is 0 Å². The van der Waals surface area contributed by atoms with Gasteiger partial charge in [0.05, 0.1) is 12.8 Å². The summed E-state index contributed by atoms with van der Waals surface area (Å²) in [6.45, 7) is -0.880. The monoisotopic (exact) mass is 443 g/mol. The summed E-state index contributed by atoms with van der Waals surface area (Å²) in [4.78, 5) is 29.9. The number of nitrogens with zero attached hydrogens (tertiary/aromatic N) is 2. The fraction of sp³-hybridized carbons (Fsp3) is 0.316. The molecule has 0 atom stereocenters. The first-order chi connectivity index (χ1) is 14.3. The van der Waals surface area contributed by atoms with E-state index in [1.165, 1.54) is 37.0 Å². The molecule has 0 unspecified atom stereocenters. The molecule has 1 aromatic carbocycles. The number of methoxy groups -OCH3 is 1. The van der Waals surface area contributed by atoms with Gasteiger partial charge in [-0.3, -0.25) is 9.36 Å². The van der Waals surface area contributed by atoms with Crippen molar-refractivity contribution in [2.45, 2.75) is 17.7 Å². The number of oxime groups is 1. The van der Waals surface area contributed by atoms with E-state index in [0.29, 0.717) is 4.90 Å². The van der Waals surface area contributed by atoms with Crippen LogP contribution < -0.4 is 10.9 Å². The molecule has 30 heavy (non-hydrogen) atoms. The van der Waals surface area contributed by atoms with Gasteiger partial charge in [-0.15, -0.1) is 11.8 Å². The Kier molecular flexibility index (Phi) is 8.34. The zero-order valence-corrected chi connectivity index (χ0v) is 17.3. The zero-order chi connectivity index (χ0) is 22.3. The quantitative estimate of drug-likeness (QED) is 0.276. The Labute approximate surface area is 174 Å². The van der Waals surface area contributed by atoms with Crippen molar-refractivity contribution in [3.63, 3.8) is 0 Å². The van der Waals surface area contributed by atoms with E-state index >= 15 is 0 Å². The van der Waals surface area contributed by atoms with E-state index in [0.717, 1.165) is 17.9 Å². The highest BCUT2D eigenvalue weighted by molar-refractivity contribution is 7.98. The van der Waals surface area contributed by atoms with Crippen LogP contribution in [0.5, 0.6) is 0 Å². The van der Waals surface area contributed by atoms with Gasteiger partial charge < -0.3 is 14.9 Å². The molecule has 0 saturated heterocycles. The SMILES string of the molecule is COC(=O)c1c(C/C=N/OCC(F)F)cc(=O)n(C)c1Nc1ccc(SC)cc1F. The molecular weight excluding hydrogens is 423 g/mol. The van der Waals surface area contributed by atoms with Crippen LogP contribution in [0.25, 0.3) is 0 Å². The smallest absolute Gasteiger partial charge is 0.341 e. The average molecular weight is 443 g/mol. The molecule has 0 aliphatic rings. The zero-order valence-electron chi connectivity index (χ0n) is 16.4. The second-order valence-electron chi connectivity index (χ2n) is 5.93. The van der Waals surface area contributed by atoms with Crippen LogP contribution in [0.1, 0.15) is 15.9 Å². The highest BCUT2D eigenvalue weighted by Gasteiger charge is 2.22. The van der Waals surface area contributed by atoms with Crippen molar-refractivity contribution in [2.24, 2.45) is 12.2 Å². The Morgan fingerprint density at radius 1 is 1.37 bits per heavy atom. The molecule has 0 radical (unpaired) electrons. The molecule has 0 fully saturated rings. The molecule has 1 heterocycles. The first kappa shape index (κ1) is 23.3. The summed E-state index contributed by atoms with van der Waals surface area (Å²) in [5, 5.41) is 6.16. The summed E-state index contributed by atoms with van der Waals surface area (Å²) in [7, 11) is 2.57. The highest BCUT2D eigenvalue weighted by Crippen LogP contribution is 2.27. The molecule has 2 rings (SSSR count). The van der Waals surface area contributed by atoms with E-state index in [9.17, 15) is 22.8 Å². The fourth-order valence-corrected chi connectivity index (χ4v) is 2.95. The van der Waals surface area contributed by atoms with Gasteiger partial charge in [0.1, 0.15) is 17.2 Å². The Hall–Kier alpha value is -2.95. The number of thioether (sulfide) groups is 1. The van der Waals surface area contributed by atoms with Crippen LogP contribution in [-0.4, -0.2) is 43.1 Å². The number of aromatic nitrogens is 1. The van der Waals surface area contributed by atoms with Crippen molar-refractivity contribution in [1.82, 2.24) is 4.57 Å². The predicted molar refractivity (Wildman–Crippen MR) is 109 cm³/mol. The minimum atomic E-state index is -2.68. The lowest BCUT2D eigenvalue weighted by Crippen LogP contribution is -2.25. The number of pyridine rings is 1. The molecule has 0 aliphatic heterocycles. The topological polar surface area (TPSA) is 81.9 Å². The number of benzene rings is 1. The lowest BCUT2D eigenvalue weighted by Gasteiger charge is -2.18. The van der Waals surface area contributed by atoms with Gasteiger partial charge in [0.15, 0.2) is 6.61 Å². The van der Waals surface area contributed by atoms with Gasteiger partial charge in [-0.05, 0) is 30.0 Å². The van der Waals surface area contributed by atoms with Gasteiger partial charge in [0.25, 0.3) is 12.0 Å². The van der Waals surface area contributed by atoms with Crippen LogP contribution in [0.2, 0.25) is 0 Å². The second-order valence-corrected chi connectivity index (χ2v) is 6.81. The minimum absolute atomic E-state index is 0.0158. The maximum absolute atomic E-state index is 14.4. The van der Waals surface area contributed by atoms with E-state index in [2.05, 4.69) is 15.3 Å². The molecule has 0 bridgehead atoms. The molecule has 0 amide bonds. The molecule has 0 saturated carbocycles. The maximum Gasteiger partial charge on any atom is 0.341 e. The molecule has 1 aromatic heterocycles. The average Bonchev–Trinajstić information content (AvgIpc) is 2.71. The number of nitrogens with one attached hydrogen (secondary N) is 1. The molecule has 2 aromatic rings. The highest BCUT2D eigenvalue weighted by atomic mass is 32.2. The van der Waals surface area contributed by atoms with Crippen molar-refractivity contribution < 1.29 is 27.5 Å². The summed E-state index contributed by atoms with van der Waals surface area (Å²) < 4.78 is 44.6. The van der Waals surface area contributed by atoms with Crippen LogP contribution in [-0.2, 0) is 23.0 Å². The van der Waals surface area contributed by atoms with Crippen LogP contribution in [0, 0.1) is 5.82 Å². The summed E-state index contributed by atoms with van der Waals surface area (Å²) in [5.74, 6) is -1.33. The van der Waals surface area contributed by atoms with E-state index in [1.54, 1.807) is 12.3 Å². The predicted octanol–water partition coefficient (Wildman–Crippen LogP) is 3.59. The third-order valence-electron chi connectivity index (χ3n) is 4.00. The largest absolute Gasteiger partial charge is 0.465 e. The number of carbonyl (C=O) groups excluding carboxylic acids is 1. The molecule has 1 N–H and O–H groups in total. The number of carbonyl (C=O) groups is 1. The normalized spacial score (nSPS) is 11.2. The van der Waals surface area contributed by atoms with Crippen LogP contribution >= 0.6 is 11.8 Å². The lowest BCUT2D eigenvalue weighted by atomic mass is 10.1. The van der Waals surface area contributed by atoms with Gasteiger partial charge in [-0.2, -0.15) is 0 Å². The van der Waals surface area contributed by atoms with Gasteiger partial charge in [-0.1, -0.05) is 5.16 Å². The van der Waals surface area contributed by atoms with Crippen LogP contribution in [0.4, 0.5) is 24.7 Å². The van der Waals surface area contributed by atoms with Gasteiger partial charge >= 0.3 is 5.97 Å².